The molecule has 2 rings (SSSR count). The van der Waals surface area contributed by atoms with Crippen molar-refractivity contribution in [2.45, 2.75) is 44.7 Å². The SMILES string of the molecule is Cc1ccc(CCCCC(=O)C(C#N)c2ccc(C(F)(F)F)cn2)cc1. The van der Waals surface area contributed by atoms with Gasteiger partial charge in [-0.25, -0.2) is 0 Å². The Bertz CT molecular complexity index is 775. The second-order valence-electron chi connectivity index (χ2n) is 6.19. The van der Waals surface area contributed by atoms with Gasteiger partial charge in [0.15, 0.2) is 5.78 Å². The summed E-state index contributed by atoms with van der Waals surface area (Å²) in [5.74, 6) is -1.44. The van der Waals surface area contributed by atoms with E-state index in [-0.39, 0.29) is 17.9 Å². The average Bonchev–Trinajstić information content (AvgIpc) is 2.60. The molecule has 26 heavy (non-hydrogen) atoms. The van der Waals surface area contributed by atoms with E-state index in [1.807, 2.05) is 37.3 Å². The first-order valence-corrected chi connectivity index (χ1v) is 8.32. The molecule has 0 bridgehead atoms. The molecule has 1 unspecified atom stereocenters. The minimum Gasteiger partial charge on any atom is -0.298 e. The lowest BCUT2D eigenvalue weighted by atomic mass is 9.95. The van der Waals surface area contributed by atoms with Gasteiger partial charge in [0, 0.05) is 12.6 Å². The van der Waals surface area contributed by atoms with Gasteiger partial charge in [-0.05, 0) is 43.9 Å². The summed E-state index contributed by atoms with van der Waals surface area (Å²) in [6, 6.07) is 11.9. The zero-order valence-electron chi connectivity index (χ0n) is 14.4. The van der Waals surface area contributed by atoms with Crippen molar-refractivity contribution in [3.63, 3.8) is 0 Å². The number of pyridine rings is 1. The van der Waals surface area contributed by atoms with Crippen LogP contribution in [0.2, 0.25) is 0 Å². The van der Waals surface area contributed by atoms with Crippen molar-refractivity contribution in [2.75, 3.05) is 0 Å². The number of benzene rings is 1. The standard InChI is InChI=1S/C20H19F3N2O/c1-14-6-8-15(9-7-14)4-2-3-5-19(26)17(12-24)18-11-10-16(13-25-18)20(21,22)23/h6-11,13,17H,2-5H2,1H3. The van der Waals surface area contributed by atoms with Crippen molar-refractivity contribution in [1.29, 1.82) is 5.26 Å². The molecule has 1 aromatic carbocycles. The molecule has 1 aromatic heterocycles. The van der Waals surface area contributed by atoms with Crippen molar-refractivity contribution in [1.82, 2.24) is 4.98 Å². The van der Waals surface area contributed by atoms with Gasteiger partial charge >= 0.3 is 6.18 Å². The third kappa shape index (κ3) is 5.41. The summed E-state index contributed by atoms with van der Waals surface area (Å²) in [6.45, 7) is 2.01. The number of hydrogen-bond acceptors (Lipinski definition) is 3. The van der Waals surface area contributed by atoms with Crippen molar-refractivity contribution < 1.29 is 18.0 Å². The Balaban J connectivity index is 1.88. The zero-order valence-corrected chi connectivity index (χ0v) is 14.4. The van der Waals surface area contributed by atoms with Gasteiger partial charge in [-0.15, -0.1) is 0 Å². The molecule has 1 heterocycles. The number of halogens is 3. The number of ketones is 1. The molecule has 0 radical (unpaired) electrons. The summed E-state index contributed by atoms with van der Waals surface area (Å²) < 4.78 is 37.7. The van der Waals surface area contributed by atoms with Crippen LogP contribution in [-0.2, 0) is 17.4 Å². The number of aromatic nitrogens is 1. The van der Waals surface area contributed by atoms with E-state index in [0.717, 1.165) is 25.0 Å². The van der Waals surface area contributed by atoms with Crippen molar-refractivity contribution >= 4 is 5.78 Å². The molecule has 0 fully saturated rings. The first-order valence-electron chi connectivity index (χ1n) is 8.32. The van der Waals surface area contributed by atoms with Crippen LogP contribution in [0.5, 0.6) is 0 Å². The van der Waals surface area contributed by atoms with Gasteiger partial charge in [-0.3, -0.25) is 9.78 Å². The topological polar surface area (TPSA) is 53.8 Å². The maximum absolute atomic E-state index is 12.6. The molecule has 136 valence electrons. The molecule has 0 aliphatic carbocycles. The van der Waals surface area contributed by atoms with E-state index >= 15 is 0 Å². The van der Waals surface area contributed by atoms with E-state index in [2.05, 4.69) is 4.98 Å². The number of nitriles is 1. The lowest BCUT2D eigenvalue weighted by molar-refractivity contribution is -0.137. The average molecular weight is 360 g/mol. The van der Waals surface area contributed by atoms with Crippen LogP contribution in [0.4, 0.5) is 13.2 Å². The fourth-order valence-corrected chi connectivity index (χ4v) is 2.57. The largest absolute Gasteiger partial charge is 0.417 e. The van der Waals surface area contributed by atoms with Gasteiger partial charge in [0.25, 0.3) is 0 Å². The predicted molar refractivity (Wildman–Crippen MR) is 91.3 cm³/mol. The van der Waals surface area contributed by atoms with E-state index in [4.69, 9.17) is 0 Å². The van der Waals surface area contributed by atoms with Crippen LogP contribution < -0.4 is 0 Å². The van der Waals surface area contributed by atoms with Crippen molar-refractivity contribution in [3.05, 3.63) is 65.0 Å². The summed E-state index contributed by atoms with van der Waals surface area (Å²) in [5.41, 5.74) is 1.53. The molecule has 3 nitrogen and oxygen atoms in total. The van der Waals surface area contributed by atoms with Gasteiger partial charge in [-0.2, -0.15) is 18.4 Å². The predicted octanol–water partition coefficient (Wildman–Crippen LogP) is 5.00. The van der Waals surface area contributed by atoms with E-state index < -0.39 is 17.7 Å². The monoisotopic (exact) mass is 360 g/mol. The molecule has 0 saturated carbocycles. The Morgan fingerprint density at radius 3 is 2.38 bits per heavy atom. The number of carbonyl (C=O) groups is 1. The fourth-order valence-electron chi connectivity index (χ4n) is 2.57. The molecule has 0 amide bonds. The highest BCUT2D eigenvalue weighted by Gasteiger charge is 2.31. The first kappa shape index (κ1) is 19.6. The molecule has 2 aromatic rings. The number of hydrogen-bond donors (Lipinski definition) is 0. The van der Waals surface area contributed by atoms with Gasteiger partial charge in [0.1, 0.15) is 5.92 Å². The summed E-state index contributed by atoms with van der Waals surface area (Å²) in [7, 11) is 0. The third-order valence-electron chi connectivity index (χ3n) is 4.12. The maximum Gasteiger partial charge on any atom is 0.417 e. The van der Waals surface area contributed by atoms with E-state index in [9.17, 15) is 23.2 Å². The van der Waals surface area contributed by atoms with Crippen molar-refractivity contribution in [2.24, 2.45) is 0 Å². The second-order valence-corrected chi connectivity index (χ2v) is 6.19. The normalized spacial score (nSPS) is 12.4. The minimum atomic E-state index is -4.49. The number of unbranched alkanes of at least 4 members (excludes halogenated alkanes) is 1. The molecular formula is C20H19F3N2O. The number of carbonyl (C=O) groups excluding carboxylic acids is 1. The molecule has 0 N–H and O–H groups in total. The lowest BCUT2D eigenvalue weighted by Gasteiger charge is -2.10. The lowest BCUT2D eigenvalue weighted by Crippen LogP contribution is -2.13. The number of aryl methyl sites for hydroxylation is 2. The summed E-state index contributed by atoms with van der Waals surface area (Å²) in [6.07, 6.45) is -1.38. The van der Waals surface area contributed by atoms with Gasteiger partial charge in [-0.1, -0.05) is 29.8 Å². The van der Waals surface area contributed by atoms with Crippen LogP contribution in [0.15, 0.2) is 42.6 Å². The number of alkyl halides is 3. The highest BCUT2D eigenvalue weighted by atomic mass is 19.4. The molecule has 0 aliphatic heterocycles. The summed E-state index contributed by atoms with van der Waals surface area (Å²) >= 11 is 0. The van der Waals surface area contributed by atoms with Gasteiger partial charge in [0.05, 0.1) is 17.3 Å². The Kier molecular flexibility index (Phi) is 6.51. The number of rotatable bonds is 7. The molecule has 1 atom stereocenters. The summed E-state index contributed by atoms with van der Waals surface area (Å²) in [5, 5.41) is 9.21. The van der Waals surface area contributed by atoms with Crippen LogP contribution in [0, 0.1) is 18.3 Å². The maximum atomic E-state index is 12.6. The number of nitrogens with zero attached hydrogens (tertiary/aromatic N) is 2. The quantitative estimate of drug-likeness (QED) is 0.653. The minimum absolute atomic E-state index is 0.0593. The van der Waals surface area contributed by atoms with Crippen LogP contribution in [0.25, 0.3) is 0 Å². The van der Waals surface area contributed by atoms with Gasteiger partial charge < -0.3 is 0 Å². The smallest absolute Gasteiger partial charge is 0.298 e. The molecule has 0 saturated heterocycles. The third-order valence-corrected chi connectivity index (χ3v) is 4.12. The molecule has 6 heteroatoms. The summed E-state index contributed by atoms with van der Waals surface area (Å²) in [4.78, 5) is 15.9. The zero-order chi connectivity index (χ0) is 19.2. The molecule has 0 spiro atoms. The molecule has 0 aliphatic rings. The Morgan fingerprint density at radius 2 is 1.85 bits per heavy atom. The van der Waals surface area contributed by atoms with E-state index in [1.54, 1.807) is 0 Å². The van der Waals surface area contributed by atoms with Gasteiger partial charge in [0.2, 0.25) is 0 Å². The van der Waals surface area contributed by atoms with Crippen LogP contribution in [0.3, 0.4) is 0 Å². The second kappa shape index (κ2) is 8.61. The van der Waals surface area contributed by atoms with E-state index in [1.165, 1.54) is 11.1 Å². The Labute approximate surface area is 150 Å². The van der Waals surface area contributed by atoms with Crippen LogP contribution in [0.1, 0.15) is 47.6 Å². The molecular weight excluding hydrogens is 341 g/mol. The van der Waals surface area contributed by atoms with E-state index in [0.29, 0.717) is 12.6 Å². The Morgan fingerprint density at radius 1 is 1.15 bits per heavy atom. The number of Topliss-reactive ketones (excluding diaryl/α,β-unsaturated/α-hetero) is 1. The van der Waals surface area contributed by atoms with Crippen LogP contribution in [-0.4, -0.2) is 10.8 Å². The first-order chi connectivity index (χ1) is 12.3. The Hall–Kier alpha value is -2.68. The van der Waals surface area contributed by atoms with Crippen LogP contribution >= 0.6 is 0 Å². The fraction of sp³-hybridized carbons (Fsp3) is 0.350. The highest BCUT2D eigenvalue weighted by Crippen LogP contribution is 2.29. The highest BCUT2D eigenvalue weighted by molar-refractivity contribution is 5.87. The van der Waals surface area contributed by atoms with Crippen molar-refractivity contribution in [3.8, 4) is 6.07 Å².